The van der Waals surface area contributed by atoms with E-state index in [4.69, 9.17) is 10.6 Å². The zero-order valence-electron chi connectivity index (χ0n) is 10.2. The summed E-state index contributed by atoms with van der Waals surface area (Å²) in [7, 11) is 0. The first kappa shape index (κ1) is 14.1. The molecule has 0 aliphatic carbocycles. The van der Waals surface area contributed by atoms with Gasteiger partial charge < -0.3 is 10.1 Å². The number of hydrogen-bond donors (Lipinski definition) is 3. The summed E-state index contributed by atoms with van der Waals surface area (Å²) in [6.07, 6.45) is 1.10. The van der Waals surface area contributed by atoms with Crippen molar-refractivity contribution in [2.45, 2.75) is 19.9 Å². The van der Waals surface area contributed by atoms with Gasteiger partial charge in [-0.3, -0.25) is 15.5 Å². The van der Waals surface area contributed by atoms with Crippen LogP contribution in [-0.4, -0.2) is 34.1 Å². The maximum Gasteiger partial charge on any atom is 0.329 e. The lowest BCUT2D eigenvalue weighted by molar-refractivity contribution is -0.384. The molecule has 0 radical (unpaired) electrons. The zero-order valence-corrected chi connectivity index (χ0v) is 10.2. The van der Waals surface area contributed by atoms with Gasteiger partial charge >= 0.3 is 5.69 Å². The fourth-order valence-electron chi connectivity index (χ4n) is 1.25. The molecule has 0 aliphatic heterocycles. The minimum Gasteiger partial charge on any atom is -0.380 e. The van der Waals surface area contributed by atoms with E-state index < -0.39 is 4.92 Å². The monoisotopic (exact) mass is 256 g/mol. The topological polar surface area (TPSA) is 128 Å². The molecule has 0 spiro atoms. The predicted octanol–water partition coefficient (Wildman–Crippen LogP) is 0.507. The summed E-state index contributed by atoms with van der Waals surface area (Å²) >= 11 is 0. The van der Waals surface area contributed by atoms with Gasteiger partial charge in [0.1, 0.15) is 6.20 Å². The molecule has 0 bridgehead atoms. The summed E-state index contributed by atoms with van der Waals surface area (Å²) in [4.78, 5) is 17.9. The van der Waals surface area contributed by atoms with Gasteiger partial charge in [-0.2, -0.15) is 4.98 Å². The van der Waals surface area contributed by atoms with Gasteiger partial charge in [-0.15, -0.1) is 0 Å². The minimum atomic E-state index is -0.559. The van der Waals surface area contributed by atoms with Gasteiger partial charge in [0.05, 0.1) is 11.5 Å². The second-order valence-electron chi connectivity index (χ2n) is 3.53. The summed E-state index contributed by atoms with van der Waals surface area (Å²) in [6.45, 7) is 4.70. The Balaban J connectivity index is 2.86. The van der Waals surface area contributed by atoms with E-state index in [0.29, 0.717) is 13.2 Å². The van der Waals surface area contributed by atoms with E-state index in [9.17, 15) is 10.1 Å². The van der Waals surface area contributed by atoms with Gasteiger partial charge in [-0.1, -0.05) is 0 Å². The van der Waals surface area contributed by atoms with Gasteiger partial charge in [-0.25, -0.2) is 10.8 Å². The van der Waals surface area contributed by atoms with Crippen LogP contribution in [0.2, 0.25) is 0 Å². The van der Waals surface area contributed by atoms with Crippen molar-refractivity contribution in [3.05, 3.63) is 16.3 Å². The fourth-order valence-corrected chi connectivity index (χ4v) is 1.25. The van der Waals surface area contributed by atoms with E-state index in [1.807, 2.05) is 13.8 Å². The van der Waals surface area contributed by atoms with Crippen molar-refractivity contribution < 1.29 is 9.66 Å². The normalized spacial score (nSPS) is 11.9. The molecule has 18 heavy (non-hydrogen) atoms. The molecular formula is C9H16N6O3. The van der Waals surface area contributed by atoms with Crippen molar-refractivity contribution in [2.24, 2.45) is 5.84 Å². The smallest absolute Gasteiger partial charge is 0.329 e. The molecule has 0 amide bonds. The molecule has 0 aromatic carbocycles. The van der Waals surface area contributed by atoms with Crippen LogP contribution in [0, 0.1) is 10.1 Å². The third-order valence-electron chi connectivity index (χ3n) is 2.05. The van der Waals surface area contributed by atoms with Crippen LogP contribution in [0.4, 0.5) is 17.5 Å². The van der Waals surface area contributed by atoms with E-state index in [-0.39, 0.29) is 23.5 Å². The highest BCUT2D eigenvalue weighted by molar-refractivity contribution is 5.57. The van der Waals surface area contributed by atoms with Crippen LogP contribution < -0.4 is 16.6 Å². The van der Waals surface area contributed by atoms with Gasteiger partial charge in [0.2, 0.25) is 11.8 Å². The molecule has 0 fully saturated rings. The summed E-state index contributed by atoms with van der Waals surface area (Å²) in [5.41, 5.74) is 2.02. The number of hydrazine groups is 1. The number of aromatic nitrogens is 2. The molecule has 1 atom stereocenters. The molecule has 9 nitrogen and oxygen atoms in total. The number of anilines is 2. The number of nitrogens with zero attached hydrogens (tertiary/aromatic N) is 3. The van der Waals surface area contributed by atoms with E-state index in [1.165, 1.54) is 0 Å². The minimum absolute atomic E-state index is 0.103. The Labute approximate surface area is 104 Å². The Morgan fingerprint density at radius 2 is 2.39 bits per heavy atom. The molecule has 1 aromatic rings. The zero-order chi connectivity index (χ0) is 13.5. The highest BCUT2D eigenvalue weighted by Gasteiger charge is 2.18. The van der Waals surface area contributed by atoms with Crippen molar-refractivity contribution in [1.82, 2.24) is 9.97 Å². The summed E-state index contributed by atoms with van der Waals surface area (Å²) in [5.74, 6) is 5.37. The van der Waals surface area contributed by atoms with Crippen molar-refractivity contribution in [2.75, 3.05) is 24.0 Å². The fraction of sp³-hybridized carbons (Fsp3) is 0.556. The maximum absolute atomic E-state index is 10.8. The molecule has 1 unspecified atom stereocenters. The summed E-state index contributed by atoms with van der Waals surface area (Å²) in [5, 5.41) is 13.7. The molecule has 0 aliphatic rings. The lowest BCUT2D eigenvalue weighted by Crippen LogP contribution is -2.23. The highest BCUT2D eigenvalue weighted by atomic mass is 16.6. The van der Waals surface area contributed by atoms with Crippen molar-refractivity contribution in [3.63, 3.8) is 0 Å². The van der Waals surface area contributed by atoms with Crippen LogP contribution in [0.5, 0.6) is 0 Å². The van der Waals surface area contributed by atoms with E-state index in [2.05, 4.69) is 20.7 Å². The Bertz CT molecular complexity index is 413. The first-order valence-corrected chi connectivity index (χ1v) is 5.40. The van der Waals surface area contributed by atoms with Crippen LogP contribution in [0.3, 0.4) is 0 Å². The first-order chi connectivity index (χ1) is 8.58. The third-order valence-corrected chi connectivity index (χ3v) is 2.05. The Morgan fingerprint density at radius 1 is 1.67 bits per heavy atom. The van der Waals surface area contributed by atoms with Crippen molar-refractivity contribution in [1.29, 1.82) is 0 Å². The molecule has 100 valence electrons. The molecule has 0 saturated carbocycles. The van der Waals surface area contributed by atoms with E-state index in [0.717, 1.165) is 6.20 Å². The SMILES string of the molecule is CCOCC(C)Nc1nc(NN)ncc1[N+](=O)[O-]. The van der Waals surface area contributed by atoms with Gasteiger partial charge in [0, 0.05) is 12.6 Å². The maximum atomic E-state index is 10.8. The number of nitrogens with two attached hydrogens (primary N) is 1. The molecule has 0 saturated heterocycles. The van der Waals surface area contributed by atoms with Crippen molar-refractivity contribution >= 4 is 17.5 Å². The van der Waals surface area contributed by atoms with Crippen molar-refractivity contribution in [3.8, 4) is 0 Å². The molecule has 9 heteroatoms. The Morgan fingerprint density at radius 3 is 2.94 bits per heavy atom. The molecule has 1 heterocycles. The van der Waals surface area contributed by atoms with Gasteiger partial charge in [-0.05, 0) is 13.8 Å². The van der Waals surface area contributed by atoms with Crippen LogP contribution in [0.25, 0.3) is 0 Å². The lowest BCUT2D eigenvalue weighted by atomic mass is 10.3. The van der Waals surface area contributed by atoms with Gasteiger partial charge in [0.15, 0.2) is 0 Å². The second kappa shape index (κ2) is 6.67. The second-order valence-corrected chi connectivity index (χ2v) is 3.53. The first-order valence-electron chi connectivity index (χ1n) is 5.40. The average Bonchev–Trinajstić information content (AvgIpc) is 2.35. The number of ether oxygens (including phenoxy) is 1. The lowest BCUT2D eigenvalue weighted by Gasteiger charge is -2.14. The summed E-state index contributed by atoms with van der Waals surface area (Å²) < 4.78 is 5.21. The standard InChI is InChI=1S/C9H16N6O3/c1-3-18-5-6(2)12-8-7(15(16)17)4-11-9(13-8)14-10/h4,6H,3,5,10H2,1-2H3,(H2,11,12,13,14). The quantitative estimate of drug-likeness (QED) is 0.365. The van der Waals surface area contributed by atoms with Crippen LogP contribution in [-0.2, 0) is 4.74 Å². The van der Waals surface area contributed by atoms with Crippen LogP contribution in [0.1, 0.15) is 13.8 Å². The predicted molar refractivity (Wildman–Crippen MR) is 66.1 cm³/mol. The molecular weight excluding hydrogens is 240 g/mol. The Kier molecular flexibility index (Phi) is 5.21. The third kappa shape index (κ3) is 3.79. The number of nitrogen functional groups attached to an aromatic ring is 1. The van der Waals surface area contributed by atoms with Crippen LogP contribution >= 0.6 is 0 Å². The van der Waals surface area contributed by atoms with E-state index in [1.54, 1.807) is 0 Å². The molecule has 1 rings (SSSR count). The number of rotatable bonds is 7. The number of hydrogen-bond acceptors (Lipinski definition) is 8. The molecule has 1 aromatic heterocycles. The number of nitro groups is 1. The Hall–Kier alpha value is -2.00. The van der Waals surface area contributed by atoms with Gasteiger partial charge in [0.25, 0.3) is 0 Å². The van der Waals surface area contributed by atoms with Crippen LogP contribution in [0.15, 0.2) is 6.20 Å². The summed E-state index contributed by atoms with van der Waals surface area (Å²) in [6, 6.07) is -0.121. The number of nitrogens with one attached hydrogen (secondary N) is 2. The largest absolute Gasteiger partial charge is 0.380 e. The molecule has 4 N–H and O–H groups in total. The highest BCUT2D eigenvalue weighted by Crippen LogP contribution is 2.22. The average molecular weight is 256 g/mol. The van der Waals surface area contributed by atoms with E-state index >= 15 is 0 Å².